The van der Waals surface area contributed by atoms with Crippen molar-refractivity contribution in [3.05, 3.63) is 35.2 Å². The van der Waals surface area contributed by atoms with Crippen molar-refractivity contribution < 1.29 is 4.39 Å². The van der Waals surface area contributed by atoms with E-state index in [2.05, 4.69) is 0 Å². The molecule has 2 aromatic rings. The number of hydrogen-bond acceptors (Lipinski definition) is 2. The number of nitrogens with two attached hydrogens (primary N) is 1. The van der Waals surface area contributed by atoms with E-state index in [0.29, 0.717) is 0 Å². The van der Waals surface area contributed by atoms with E-state index in [4.69, 9.17) is 5.73 Å². The maximum Gasteiger partial charge on any atom is 0.139 e. The van der Waals surface area contributed by atoms with E-state index >= 15 is 0 Å². The summed E-state index contributed by atoms with van der Waals surface area (Å²) in [6, 6.07) is 7.80. The molecule has 0 aliphatic rings. The molecule has 0 saturated carbocycles. The highest BCUT2D eigenvalue weighted by Crippen LogP contribution is 2.31. The molecule has 2 rings (SSSR count). The van der Waals surface area contributed by atoms with Gasteiger partial charge in [-0.25, -0.2) is 4.39 Å². The normalized spacial score (nSPS) is 13.4. The molecule has 0 fully saturated rings. The number of thiophene rings is 1. The first-order chi connectivity index (χ1) is 6.33. The molecule has 0 bridgehead atoms. The highest BCUT2D eigenvalue weighted by molar-refractivity contribution is 7.17. The summed E-state index contributed by atoms with van der Waals surface area (Å²) in [5, 5.41) is 2.84. The van der Waals surface area contributed by atoms with Gasteiger partial charge >= 0.3 is 0 Å². The fourth-order valence-corrected chi connectivity index (χ4v) is 2.37. The van der Waals surface area contributed by atoms with E-state index in [-0.39, 0.29) is 6.54 Å². The van der Waals surface area contributed by atoms with Gasteiger partial charge in [0.15, 0.2) is 0 Å². The Kier molecular flexibility index (Phi) is 2.29. The van der Waals surface area contributed by atoms with Crippen LogP contribution in [-0.2, 0) is 0 Å². The second kappa shape index (κ2) is 3.44. The van der Waals surface area contributed by atoms with E-state index < -0.39 is 6.17 Å². The number of alkyl halides is 1. The monoisotopic (exact) mass is 195 g/mol. The highest BCUT2D eigenvalue weighted by atomic mass is 32.1. The second-order valence-electron chi connectivity index (χ2n) is 2.89. The summed E-state index contributed by atoms with van der Waals surface area (Å²) in [7, 11) is 0. The summed E-state index contributed by atoms with van der Waals surface area (Å²) >= 11 is 1.56. The third-order valence-electron chi connectivity index (χ3n) is 2.06. The SMILES string of the molecule is NCC(F)c1csc2ccccc12. The molecule has 1 atom stereocenters. The van der Waals surface area contributed by atoms with E-state index in [0.717, 1.165) is 15.6 Å². The summed E-state index contributed by atoms with van der Waals surface area (Å²) in [5.41, 5.74) is 6.01. The Morgan fingerprint density at radius 1 is 1.38 bits per heavy atom. The van der Waals surface area contributed by atoms with Gasteiger partial charge in [0.2, 0.25) is 0 Å². The van der Waals surface area contributed by atoms with Gasteiger partial charge in [-0.2, -0.15) is 0 Å². The van der Waals surface area contributed by atoms with Crippen molar-refractivity contribution in [3.63, 3.8) is 0 Å². The standard InChI is InChI=1S/C10H10FNS/c11-9(5-12)8-6-13-10-4-2-1-3-7(8)10/h1-4,6,9H,5,12H2. The topological polar surface area (TPSA) is 26.0 Å². The van der Waals surface area contributed by atoms with Crippen LogP contribution in [0.15, 0.2) is 29.6 Å². The first-order valence-corrected chi connectivity index (χ1v) is 5.01. The quantitative estimate of drug-likeness (QED) is 0.783. The summed E-state index contributed by atoms with van der Waals surface area (Å²) in [5.74, 6) is 0. The predicted molar refractivity (Wildman–Crippen MR) is 54.7 cm³/mol. The number of hydrogen-bond donors (Lipinski definition) is 1. The van der Waals surface area contributed by atoms with E-state index in [1.165, 1.54) is 0 Å². The Bertz CT molecular complexity index is 410. The third-order valence-corrected chi connectivity index (χ3v) is 3.04. The van der Waals surface area contributed by atoms with Gasteiger partial charge in [0.1, 0.15) is 6.17 Å². The molecule has 1 unspecified atom stereocenters. The molecule has 1 aromatic carbocycles. The van der Waals surface area contributed by atoms with Gasteiger partial charge in [-0.15, -0.1) is 11.3 Å². The van der Waals surface area contributed by atoms with Crippen LogP contribution in [0.4, 0.5) is 4.39 Å². The Morgan fingerprint density at radius 3 is 2.92 bits per heavy atom. The van der Waals surface area contributed by atoms with E-state index in [9.17, 15) is 4.39 Å². The second-order valence-corrected chi connectivity index (χ2v) is 3.80. The van der Waals surface area contributed by atoms with E-state index in [1.807, 2.05) is 29.6 Å². The fourth-order valence-electron chi connectivity index (χ4n) is 1.37. The van der Waals surface area contributed by atoms with Gasteiger partial charge in [0.25, 0.3) is 0 Å². The van der Waals surface area contributed by atoms with Crippen LogP contribution in [0.5, 0.6) is 0 Å². The zero-order chi connectivity index (χ0) is 9.26. The van der Waals surface area contributed by atoms with Crippen LogP contribution >= 0.6 is 11.3 Å². The van der Waals surface area contributed by atoms with Crippen LogP contribution in [0.2, 0.25) is 0 Å². The Morgan fingerprint density at radius 2 is 2.15 bits per heavy atom. The third kappa shape index (κ3) is 1.45. The average molecular weight is 195 g/mol. The molecular weight excluding hydrogens is 185 g/mol. The van der Waals surface area contributed by atoms with Gasteiger partial charge in [-0.1, -0.05) is 18.2 Å². The minimum atomic E-state index is -1.03. The molecule has 68 valence electrons. The number of benzene rings is 1. The Labute approximate surface area is 80.0 Å². The smallest absolute Gasteiger partial charge is 0.139 e. The van der Waals surface area contributed by atoms with Crippen LogP contribution in [0, 0.1) is 0 Å². The molecule has 0 aliphatic heterocycles. The maximum atomic E-state index is 13.3. The van der Waals surface area contributed by atoms with Crippen molar-refractivity contribution in [2.75, 3.05) is 6.54 Å². The molecule has 1 aromatic heterocycles. The van der Waals surface area contributed by atoms with Crippen LogP contribution in [0.1, 0.15) is 11.7 Å². The van der Waals surface area contributed by atoms with Gasteiger partial charge in [-0.3, -0.25) is 0 Å². The molecule has 3 heteroatoms. The maximum absolute atomic E-state index is 13.3. The molecule has 1 heterocycles. The van der Waals surface area contributed by atoms with Crippen molar-refractivity contribution in [1.29, 1.82) is 0 Å². The summed E-state index contributed by atoms with van der Waals surface area (Å²) < 4.78 is 14.4. The number of fused-ring (bicyclic) bond motifs is 1. The number of halogens is 1. The lowest BCUT2D eigenvalue weighted by atomic mass is 10.1. The minimum absolute atomic E-state index is 0.0563. The number of rotatable bonds is 2. The van der Waals surface area contributed by atoms with Gasteiger partial charge in [-0.05, 0) is 16.8 Å². The largest absolute Gasteiger partial charge is 0.327 e. The lowest BCUT2D eigenvalue weighted by Crippen LogP contribution is -2.06. The van der Waals surface area contributed by atoms with Crippen molar-refractivity contribution in [2.24, 2.45) is 5.73 Å². The average Bonchev–Trinajstić information content (AvgIpc) is 2.60. The first kappa shape index (κ1) is 8.66. The lowest BCUT2D eigenvalue weighted by Gasteiger charge is -2.02. The molecule has 0 spiro atoms. The lowest BCUT2D eigenvalue weighted by molar-refractivity contribution is 0.356. The molecule has 0 saturated heterocycles. The molecule has 0 radical (unpaired) electrons. The van der Waals surface area contributed by atoms with Crippen molar-refractivity contribution in [1.82, 2.24) is 0 Å². The summed E-state index contributed by atoms with van der Waals surface area (Å²) in [6.45, 7) is 0.0563. The summed E-state index contributed by atoms with van der Waals surface area (Å²) in [6.07, 6.45) is -1.03. The predicted octanol–water partition coefficient (Wildman–Crippen LogP) is 2.87. The van der Waals surface area contributed by atoms with Crippen LogP contribution < -0.4 is 5.73 Å². The van der Waals surface area contributed by atoms with Gasteiger partial charge in [0.05, 0.1) is 0 Å². The van der Waals surface area contributed by atoms with Crippen LogP contribution in [0.25, 0.3) is 10.1 Å². The van der Waals surface area contributed by atoms with Gasteiger partial charge < -0.3 is 5.73 Å². The first-order valence-electron chi connectivity index (χ1n) is 4.13. The molecule has 0 amide bonds. The molecule has 2 N–H and O–H groups in total. The fraction of sp³-hybridized carbons (Fsp3) is 0.200. The zero-order valence-corrected chi connectivity index (χ0v) is 7.85. The van der Waals surface area contributed by atoms with Crippen molar-refractivity contribution in [3.8, 4) is 0 Å². The molecule has 1 nitrogen and oxygen atoms in total. The Hall–Kier alpha value is -0.930. The van der Waals surface area contributed by atoms with Crippen molar-refractivity contribution >= 4 is 21.4 Å². The van der Waals surface area contributed by atoms with Crippen molar-refractivity contribution in [2.45, 2.75) is 6.17 Å². The molecule has 13 heavy (non-hydrogen) atoms. The zero-order valence-electron chi connectivity index (χ0n) is 7.03. The van der Waals surface area contributed by atoms with Gasteiger partial charge in [0, 0.05) is 16.8 Å². The summed E-state index contributed by atoms with van der Waals surface area (Å²) in [4.78, 5) is 0. The molecular formula is C10H10FNS. The van der Waals surface area contributed by atoms with Crippen LogP contribution in [0.3, 0.4) is 0 Å². The van der Waals surface area contributed by atoms with Crippen LogP contribution in [-0.4, -0.2) is 6.54 Å². The Balaban J connectivity index is 2.57. The molecule has 0 aliphatic carbocycles. The highest BCUT2D eigenvalue weighted by Gasteiger charge is 2.12. The van der Waals surface area contributed by atoms with E-state index in [1.54, 1.807) is 11.3 Å². The minimum Gasteiger partial charge on any atom is -0.327 e.